The summed E-state index contributed by atoms with van der Waals surface area (Å²) in [6, 6.07) is 1.76. The predicted molar refractivity (Wildman–Crippen MR) is 54.5 cm³/mol. The van der Waals surface area contributed by atoms with E-state index in [9.17, 15) is 13.9 Å². The first-order valence-corrected chi connectivity index (χ1v) is 5.20. The topological polar surface area (TPSA) is 20.2 Å². The molecule has 1 nitrogen and oxygen atoms in total. The van der Waals surface area contributed by atoms with Crippen LogP contribution in [0, 0.1) is 11.6 Å². The van der Waals surface area contributed by atoms with Gasteiger partial charge in [-0.1, -0.05) is 0 Å². The molecule has 0 aliphatic heterocycles. The van der Waals surface area contributed by atoms with Crippen molar-refractivity contribution in [3.8, 4) is 0 Å². The first-order valence-electron chi connectivity index (χ1n) is 3.54. The van der Waals surface area contributed by atoms with Gasteiger partial charge in [-0.05, 0) is 28.1 Å². The van der Waals surface area contributed by atoms with Crippen LogP contribution in [-0.4, -0.2) is 9.94 Å². The number of rotatable bonds is 2. The summed E-state index contributed by atoms with van der Waals surface area (Å²) < 4.78 is 26.1. The van der Waals surface area contributed by atoms with E-state index < -0.39 is 22.6 Å². The van der Waals surface area contributed by atoms with Gasteiger partial charge >= 0.3 is 0 Å². The van der Waals surface area contributed by atoms with Gasteiger partial charge in [0.25, 0.3) is 0 Å². The normalized spacial score (nSPS) is 13.4. The molecule has 0 spiro atoms. The van der Waals surface area contributed by atoms with Crippen LogP contribution in [-0.2, 0) is 0 Å². The fourth-order valence-corrected chi connectivity index (χ4v) is 1.49. The molecule has 1 atom stereocenters. The molecule has 0 saturated heterocycles. The molecule has 1 rings (SSSR count). The summed E-state index contributed by atoms with van der Waals surface area (Å²) in [4.78, 5) is -1.20. The zero-order valence-corrected chi connectivity index (χ0v) is 9.74. The van der Waals surface area contributed by atoms with E-state index in [0.717, 1.165) is 12.1 Å². The summed E-state index contributed by atoms with van der Waals surface area (Å²) in [6.45, 7) is 0. The Balaban J connectivity index is 3.15. The van der Waals surface area contributed by atoms with Gasteiger partial charge in [0.05, 0.1) is 4.47 Å². The second kappa shape index (κ2) is 4.75. The minimum atomic E-state index is -1.44. The number of halogens is 5. The van der Waals surface area contributed by atoms with Crippen LogP contribution in [0.2, 0.25) is 0 Å². The van der Waals surface area contributed by atoms with Crippen molar-refractivity contribution >= 4 is 39.1 Å². The smallest absolute Gasteiger partial charge is 0.137 e. The van der Waals surface area contributed by atoms with E-state index in [4.69, 9.17) is 23.2 Å². The maximum atomic E-state index is 13.2. The zero-order valence-electron chi connectivity index (χ0n) is 6.65. The van der Waals surface area contributed by atoms with E-state index in [0.29, 0.717) is 0 Å². The Morgan fingerprint density at radius 3 is 2.29 bits per heavy atom. The van der Waals surface area contributed by atoms with Gasteiger partial charge in [0.2, 0.25) is 0 Å². The van der Waals surface area contributed by atoms with Crippen LogP contribution in [0.25, 0.3) is 0 Å². The molecule has 6 heteroatoms. The van der Waals surface area contributed by atoms with E-state index in [1.54, 1.807) is 0 Å². The first-order chi connectivity index (χ1) is 6.43. The van der Waals surface area contributed by atoms with Gasteiger partial charge in [-0.3, -0.25) is 0 Å². The van der Waals surface area contributed by atoms with E-state index in [1.165, 1.54) is 0 Å². The molecule has 0 amide bonds. The Kier molecular flexibility index (Phi) is 4.13. The van der Waals surface area contributed by atoms with Gasteiger partial charge in [0.15, 0.2) is 0 Å². The average molecular weight is 306 g/mol. The first kappa shape index (κ1) is 12.2. The van der Waals surface area contributed by atoms with E-state index in [1.807, 2.05) is 0 Å². The molecule has 0 heterocycles. The molecule has 0 aliphatic carbocycles. The Hall–Kier alpha value is 0.1000. The molecule has 0 bridgehead atoms. The number of hydrogen-bond donors (Lipinski definition) is 1. The highest BCUT2D eigenvalue weighted by atomic mass is 79.9. The van der Waals surface area contributed by atoms with Gasteiger partial charge in [-0.2, -0.15) is 0 Å². The number of alkyl halides is 2. The summed E-state index contributed by atoms with van der Waals surface area (Å²) >= 11 is 13.5. The Morgan fingerprint density at radius 2 is 1.79 bits per heavy atom. The van der Waals surface area contributed by atoms with Crippen LogP contribution >= 0.6 is 39.1 Å². The average Bonchev–Trinajstić information content (AvgIpc) is 2.10. The summed E-state index contributed by atoms with van der Waals surface area (Å²) in [5, 5.41) is 9.31. The second-order valence-corrected chi connectivity index (χ2v) is 4.59. The fraction of sp³-hybridized carbons (Fsp3) is 0.250. The quantitative estimate of drug-likeness (QED) is 0.654. The molecule has 78 valence electrons. The molecule has 14 heavy (non-hydrogen) atoms. The summed E-state index contributed by atoms with van der Waals surface area (Å²) in [5.41, 5.74) is -0.263. The summed E-state index contributed by atoms with van der Waals surface area (Å²) in [7, 11) is 0. The van der Waals surface area contributed by atoms with Crippen LogP contribution < -0.4 is 0 Å². The van der Waals surface area contributed by atoms with Crippen LogP contribution in [0.15, 0.2) is 16.6 Å². The molecule has 0 fully saturated rings. The largest absolute Gasteiger partial charge is 0.385 e. The van der Waals surface area contributed by atoms with Crippen molar-refractivity contribution in [1.82, 2.24) is 0 Å². The van der Waals surface area contributed by atoms with Crippen molar-refractivity contribution < 1.29 is 13.9 Å². The Bertz CT molecular complexity index is 346. The summed E-state index contributed by atoms with van der Waals surface area (Å²) in [6.07, 6.45) is -1.44. The van der Waals surface area contributed by atoms with Crippen molar-refractivity contribution in [2.75, 3.05) is 0 Å². The molecule has 1 N–H and O–H groups in total. The number of hydrogen-bond acceptors (Lipinski definition) is 1. The third kappa shape index (κ3) is 2.57. The van der Waals surface area contributed by atoms with Gasteiger partial charge in [-0.15, -0.1) is 23.2 Å². The van der Waals surface area contributed by atoms with Crippen molar-refractivity contribution in [2.45, 2.75) is 10.9 Å². The van der Waals surface area contributed by atoms with Crippen LogP contribution in [0.1, 0.15) is 11.7 Å². The van der Waals surface area contributed by atoms with Crippen LogP contribution in [0.5, 0.6) is 0 Å². The molecule has 1 unspecified atom stereocenters. The Morgan fingerprint density at radius 1 is 1.21 bits per heavy atom. The highest BCUT2D eigenvalue weighted by Crippen LogP contribution is 2.29. The monoisotopic (exact) mass is 304 g/mol. The van der Waals surface area contributed by atoms with E-state index in [2.05, 4.69) is 15.9 Å². The van der Waals surface area contributed by atoms with Gasteiger partial charge < -0.3 is 5.11 Å². The van der Waals surface area contributed by atoms with Crippen molar-refractivity contribution in [3.63, 3.8) is 0 Å². The van der Waals surface area contributed by atoms with E-state index >= 15 is 0 Å². The van der Waals surface area contributed by atoms with E-state index in [-0.39, 0.29) is 10.0 Å². The number of benzene rings is 1. The molecular weight excluding hydrogens is 301 g/mol. The molecule has 1 aromatic rings. The highest BCUT2D eigenvalue weighted by molar-refractivity contribution is 9.10. The lowest BCUT2D eigenvalue weighted by molar-refractivity contribution is 0.187. The molecule has 0 radical (unpaired) electrons. The summed E-state index contributed by atoms with van der Waals surface area (Å²) in [5.74, 6) is -1.45. The maximum Gasteiger partial charge on any atom is 0.137 e. The van der Waals surface area contributed by atoms with Crippen molar-refractivity contribution in [2.24, 2.45) is 0 Å². The minimum absolute atomic E-state index is 0.0216. The van der Waals surface area contributed by atoms with Gasteiger partial charge in [-0.25, -0.2) is 8.78 Å². The molecule has 1 aromatic carbocycles. The molecular formula is C8H5BrCl2F2O. The predicted octanol–water partition coefficient (Wildman–Crippen LogP) is 3.56. The van der Waals surface area contributed by atoms with Gasteiger partial charge in [0, 0.05) is 5.56 Å². The second-order valence-electron chi connectivity index (χ2n) is 2.57. The van der Waals surface area contributed by atoms with Gasteiger partial charge in [0.1, 0.15) is 22.6 Å². The SMILES string of the molecule is OC(c1cc(F)c(Br)cc1F)C(Cl)Cl. The van der Waals surface area contributed by atoms with Crippen LogP contribution in [0.4, 0.5) is 8.78 Å². The fourth-order valence-electron chi connectivity index (χ4n) is 0.900. The van der Waals surface area contributed by atoms with Crippen LogP contribution in [0.3, 0.4) is 0 Å². The lowest BCUT2D eigenvalue weighted by Crippen LogP contribution is -2.08. The highest BCUT2D eigenvalue weighted by Gasteiger charge is 2.21. The Labute approximate surface area is 97.8 Å². The van der Waals surface area contributed by atoms with Crippen molar-refractivity contribution in [1.29, 1.82) is 0 Å². The lowest BCUT2D eigenvalue weighted by Gasteiger charge is -2.12. The molecule has 0 aliphatic rings. The zero-order chi connectivity index (χ0) is 10.9. The van der Waals surface area contributed by atoms with Crippen molar-refractivity contribution in [3.05, 3.63) is 33.8 Å². The number of aliphatic hydroxyl groups excluding tert-OH is 1. The number of aliphatic hydroxyl groups is 1. The minimum Gasteiger partial charge on any atom is -0.385 e. The third-order valence-electron chi connectivity index (χ3n) is 1.60. The third-order valence-corrected chi connectivity index (χ3v) is 2.68. The lowest BCUT2D eigenvalue weighted by atomic mass is 10.1. The maximum absolute atomic E-state index is 13.2. The standard InChI is InChI=1S/C8H5BrCl2F2O/c9-4-2-5(12)3(1-6(4)13)7(14)8(10)11/h1-2,7-8,14H. The molecule has 0 saturated carbocycles. The molecule has 0 aromatic heterocycles.